The van der Waals surface area contributed by atoms with Crippen molar-refractivity contribution in [3.05, 3.63) is 35.9 Å². The van der Waals surface area contributed by atoms with Crippen LogP contribution in [0.15, 0.2) is 30.3 Å². The van der Waals surface area contributed by atoms with Crippen LogP contribution in [-0.2, 0) is 6.54 Å². The van der Waals surface area contributed by atoms with Gasteiger partial charge in [0.05, 0.1) is 5.60 Å². The lowest BCUT2D eigenvalue weighted by Crippen LogP contribution is -2.54. The molecule has 0 saturated carbocycles. The van der Waals surface area contributed by atoms with Gasteiger partial charge in [-0.2, -0.15) is 0 Å². The lowest BCUT2D eigenvalue weighted by atomic mass is 9.92. The van der Waals surface area contributed by atoms with Crippen molar-refractivity contribution in [2.45, 2.75) is 52.3 Å². The molecule has 140 valence electrons. The van der Waals surface area contributed by atoms with E-state index in [9.17, 15) is 9.90 Å². The van der Waals surface area contributed by atoms with Gasteiger partial charge in [-0.05, 0) is 30.7 Å². The molecule has 1 aliphatic rings. The first-order chi connectivity index (χ1) is 11.8. The van der Waals surface area contributed by atoms with Crippen LogP contribution in [0, 0.1) is 11.8 Å². The van der Waals surface area contributed by atoms with E-state index in [1.54, 1.807) is 6.92 Å². The van der Waals surface area contributed by atoms with Crippen LogP contribution in [0.25, 0.3) is 0 Å². The van der Waals surface area contributed by atoms with Crippen molar-refractivity contribution in [3.63, 3.8) is 0 Å². The molecule has 1 aromatic carbocycles. The van der Waals surface area contributed by atoms with Crippen LogP contribution in [0.5, 0.6) is 0 Å². The number of rotatable bonds is 6. The van der Waals surface area contributed by atoms with E-state index in [4.69, 9.17) is 0 Å². The van der Waals surface area contributed by atoms with Gasteiger partial charge < -0.3 is 15.7 Å². The van der Waals surface area contributed by atoms with Gasteiger partial charge in [-0.3, -0.25) is 4.90 Å². The number of benzene rings is 1. The molecule has 3 N–H and O–H groups in total. The van der Waals surface area contributed by atoms with Crippen LogP contribution >= 0.6 is 0 Å². The molecule has 25 heavy (non-hydrogen) atoms. The maximum Gasteiger partial charge on any atom is 0.315 e. The number of carbonyl (C=O) groups is 1. The predicted octanol–water partition coefficient (Wildman–Crippen LogP) is 2.60. The Balaban J connectivity index is 1.76. The number of carbonyl (C=O) groups excluding carboxylic acids is 1. The maximum absolute atomic E-state index is 12.2. The summed E-state index contributed by atoms with van der Waals surface area (Å²) in [5.41, 5.74) is 0.442. The zero-order valence-corrected chi connectivity index (χ0v) is 16.0. The Bertz CT molecular complexity index is 545. The van der Waals surface area contributed by atoms with Crippen LogP contribution < -0.4 is 10.6 Å². The molecule has 5 nitrogen and oxygen atoms in total. The van der Waals surface area contributed by atoms with Gasteiger partial charge in [-0.1, -0.05) is 51.1 Å². The Morgan fingerprint density at radius 1 is 1.36 bits per heavy atom. The van der Waals surface area contributed by atoms with Crippen molar-refractivity contribution < 1.29 is 9.90 Å². The SMILES string of the molecule is CC1CN(Cc2ccccc2)CCC1NC(=O)NCC(C)(O)C(C)C. The fourth-order valence-corrected chi connectivity index (χ4v) is 3.11. The molecule has 1 aromatic rings. The van der Waals surface area contributed by atoms with E-state index in [2.05, 4.69) is 46.7 Å². The first-order valence-corrected chi connectivity index (χ1v) is 9.31. The van der Waals surface area contributed by atoms with Gasteiger partial charge in [-0.15, -0.1) is 0 Å². The highest BCUT2D eigenvalue weighted by Crippen LogP contribution is 2.19. The Labute approximate surface area is 151 Å². The number of piperidine rings is 1. The highest BCUT2D eigenvalue weighted by molar-refractivity contribution is 5.74. The van der Waals surface area contributed by atoms with Crippen LogP contribution in [0.3, 0.4) is 0 Å². The third-order valence-corrected chi connectivity index (χ3v) is 5.41. The Hall–Kier alpha value is -1.59. The zero-order chi connectivity index (χ0) is 18.4. The molecule has 0 bridgehead atoms. The first-order valence-electron chi connectivity index (χ1n) is 9.31. The molecule has 3 unspecified atom stereocenters. The summed E-state index contributed by atoms with van der Waals surface area (Å²) >= 11 is 0. The molecule has 2 amide bonds. The molecule has 1 fully saturated rings. The molecule has 0 aliphatic carbocycles. The second-order valence-corrected chi connectivity index (χ2v) is 7.93. The van der Waals surface area contributed by atoms with Gasteiger partial charge in [0.15, 0.2) is 0 Å². The van der Waals surface area contributed by atoms with Crippen molar-refractivity contribution in [1.29, 1.82) is 0 Å². The first kappa shape index (κ1) is 19.7. The number of urea groups is 1. The molecular formula is C20H33N3O2. The van der Waals surface area contributed by atoms with E-state index in [1.165, 1.54) is 5.56 Å². The largest absolute Gasteiger partial charge is 0.388 e. The quantitative estimate of drug-likeness (QED) is 0.741. The summed E-state index contributed by atoms with van der Waals surface area (Å²) in [6.07, 6.45) is 0.946. The molecule has 3 atom stereocenters. The number of hydrogen-bond acceptors (Lipinski definition) is 3. The van der Waals surface area contributed by atoms with Crippen molar-refractivity contribution in [2.75, 3.05) is 19.6 Å². The molecule has 1 saturated heterocycles. The van der Waals surface area contributed by atoms with Crippen molar-refractivity contribution >= 4 is 6.03 Å². The molecule has 0 radical (unpaired) electrons. The number of hydrogen-bond donors (Lipinski definition) is 3. The van der Waals surface area contributed by atoms with Crippen molar-refractivity contribution in [3.8, 4) is 0 Å². The predicted molar refractivity (Wildman–Crippen MR) is 101 cm³/mol. The minimum absolute atomic E-state index is 0.0907. The smallest absolute Gasteiger partial charge is 0.315 e. The summed E-state index contributed by atoms with van der Waals surface area (Å²) in [4.78, 5) is 14.6. The lowest BCUT2D eigenvalue weighted by molar-refractivity contribution is 0.0163. The summed E-state index contributed by atoms with van der Waals surface area (Å²) in [6, 6.07) is 10.5. The number of amides is 2. The van der Waals surface area contributed by atoms with Crippen LogP contribution in [0.2, 0.25) is 0 Å². The van der Waals surface area contributed by atoms with Gasteiger partial charge in [0.1, 0.15) is 0 Å². The van der Waals surface area contributed by atoms with Crippen molar-refractivity contribution in [1.82, 2.24) is 15.5 Å². The molecule has 1 aliphatic heterocycles. The Kier molecular flexibility index (Phi) is 6.85. The maximum atomic E-state index is 12.2. The van der Waals surface area contributed by atoms with E-state index in [0.29, 0.717) is 5.92 Å². The fourth-order valence-electron chi connectivity index (χ4n) is 3.11. The monoisotopic (exact) mass is 347 g/mol. The topological polar surface area (TPSA) is 64.6 Å². The molecular weight excluding hydrogens is 314 g/mol. The Morgan fingerprint density at radius 3 is 2.64 bits per heavy atom. The minimum Gasteiger partial charge on any atom is -0.388 e. The normalized spacial score (nSPS) is 23.9. The minimum atomic E-state index is -0.887. The van der Waals surface area contributed by atoms with Gasteiger partial charge in [0, 0.05) is 32.2 Å². The van der Waals surface area contributed by atoms with Crippen molar-refractivity contribution in [2.24, 2.45) is 11.8 Å². The highest BCUT2D eigenvalue weighted by Gasteiger charge is 2.29. The van der Waals surface area contributed by atoms with Crippen LogP contribution in [0.4, 0.5) is 4.79 Å². The summed E-state index contributed by atoms with van der Waals surface area (Å²) in [6.45, 7) is 11.0. The highest BCUT2D eigenvalue weighted by atomic mass is 16.3. The summed E-state index contributed by atoms with van der Waals surface area (Å²) in [5, 5.41) is 16.1. The van der Waals surface area contributed by atoms with Gasteiger partial charge >= 0.3 is 6.03 Å². The average Bonchev–Trinajstić information content (AvgIpc) is 2.56. The number of nitrogens with one attached hydrogen (secondary N) is 2. The number of likely N-dealkylation sites (tertiary alicyclic amines) is 1. The molecule has 0 spiro atoms. The zero-order valence-electron chi connectivity index (χ0n) is 16.0. The summed E-state index contributed by atoms with van der Waals surface area (Å²) < 4.78 is 0. The summed E-state index contributed by atoms with van der Waals surface area (Å²) in [7, 11) is 0. The molecule has 5 heteroatoms. The van der Waals surface area contributed by atoms with Crippen LogP contribution in [0.1, 0.15) is 39.7 Å². The Morgan fingerprint density at radius 2 is 2.04 bits per heavy atom. The van der Waals surface area contributed by atoms with E-state index in [0.717, 1.165) is 26.1 Å². The van der Waals surface area contributed by atoms with Gasteiger partial charge in [0.25, 0.3) is 0 Å². The summed E-state index contributed by atoms with van der Waals surface area (Å²) in [5.74, 6) is 0.488. The van der Waals surface area contributed by atoms with E-state index in [-0.39, 0.29) is 24.5 Å². The van der Waals surface area contributed by atoms with E-state index in [1.807, 2.05) is 19.9 Å². The number of nitrogens with zero attached hydrogens (tertiary/aromatic N) is 1. The fraction of sp³-hybridized carbons (Fsp3) is 0.650. The van der Waals surface area contributed by atoms with E-state index < -0.39 is 5.60 Å². The van der Waals surface area contributed by atoms with Gasteiger partial charge in [-0.25, -0.2) is 4.79 Å². The van der Waals surface area contributed by atoms with E-state index >= 15 is 0 Å². The molecule has 0 aromatic heterocycles. The van der Waals surface area contributed by atoms with Gasteiger partial charge in [0.2, 0.25) is 0 Å². The van der Waals surface area contributed by atoms with Crippen LogP contribution in [-0.4, -0.2) is 47.3 Å². The standard InChI is InChI=1S/C20H33N3O2/c1-15(2)20(4,25)14-21-19(24)22-18-10-11-23(12-16(18)3)13-17-8-6-5-7-9-17/h5-9,15-16,18,25H,10-14H2,1-4H3,(H2,21,22,24). The average molecular weight is 348 g/mol. The third-order valence-electron chi connectivity index (χ3n) is 5.41. The second kappa shape index (κ2) is 8.68. The third kappa shape index (κ3) is 6.01. The molecule has 2 rings (SSSR count). The lowest BCUT2D eigenvalue weighted by Gasteiger charge is -2.37. The number of aliphatic hydroxyl groups is 1. The second-order valence-electron chi connectivity index (χ2n) is 7.93. The molecule has 1 heterocycles.